The van der Waals surface area contributed by atoms with Gasteiger partial charge in [-0.25, -0.2) is 14.4 Å². The standard InChI is InChI=1S/C15H17FN4/c1-2-17-13-9-14(20-15(19-13)10-7-8-10)18-12-6-4-3-5-11(12)16/h3-6,9-10H,2,7-8H2,1H3,(H2,17,18,19,20). The summed E-state index contributed by atoms with van der Waals surface area (Å²) in [5, 5.41) is 6.21. The van der Waals surface area contributed by atoms with E-state index in [2.05, 4.69) is 20.6 Å². The van der Waals surface area contributed by atoms with Gasteiger partial charge in [-0.2, -0.15) is 0 Å². The largest absolute Gasteiger partial charge is 0.370 e. The van der Waals surface area contributed by atoms with Crippen molar-refractivity contribution in [1.29, 1.82) is 0 Å². The highest BCUT2D eigenvalue weighted by Crippen LogP contribution is 2.39. The van der Waals surface area contributed by atoms with Crippen molar-refractivity contribution in [3.05, 3.63) is 42.0 Å². The summed E-state index contributed by atoms with van der Waals surface area (Å²) >= 11 is 0. The van der Waals surface area contributed by atoms with E-state index in [0.717, 1.165) is 31.0 Å². The fourth-order valence-corrected chi connectivity index (χ4v) is 2.03. The fraction of sp³-hybridized carbons (Fsp3) is 0.333. The Kier molecular flexibility index (Phi) is 3.50. The molecule has 1 aromatic carbocycles. The summed E-state index contributed by atoms with van der Waals surface area (Å²) in [6.45, 7) is 2.81. The number of rotatable bonds is 5. The molecule has 1 fully saturated rings. The normalized spacial score (nSPS) is 14.1. The quantitative estimate of drug-likeness (QED) is 0.872. The molecule has 0 saturated heterocycles. The molecule has 2 N–H and O–H groups in total. The number of anilines is 3. The van der Waals surface area contributed by atoms with Crippen molar-refractivity contribution >= 4 is 17.3 Å². The van der Waals surface area contributed by atoms with Gasteiger partial charge in [-0.05, 0) is 31.9 Å². The van der Waals surface area contributed by atoms with Crippen LogP contribution in [0.5, 0.6) is 0 Å². The molecular formula is C15H17FN4. The van der Waals surface area contributed by atoms with Crippen LogP contribution in [0.3, 0.4) is 0 Å². The van der Waals surface area contributed by atoms with Crippen LogP contribution < -0.4 is 10.6 Å². The zero-order valence-corrected chi connectivity index (χ0v) is 11.4. The van der Waals surface area contributed by atoms with Crippen LogP contribution in [0.1, 0.15) is 31.5 Å². The molecule has 2 aromatic rings. The lowest BCUT2D eigenvalue weighted by molar-refractivity contribution is 0.631. The molecular weight excluding hydrogens is 255 g/mol. The van der Waals surface area contributed by atoms with Gasteiger partial charge in [0.1, 0.15) is 23.3 Å². The number of hydrogen-bond donors (Lipinski definition) is 2. The van der Waals surface area contributed by atoms with E-state index in [4.69, 9.17) is 0 Å². The summed E-state index contributed by atoms with van der Waals surface area (Å²) in [5.74, 6) is 2.41. The van der Waals surface area contributed by atoms with Crippen LogP contribution in [0.25, 0.3) is 0 Å². The van der Waals surface area contributed by atoms with E-state index in [-0.39, 0.29) is 5.82 Å². The lowest BCUT2D eigenvalue weighted by atomic mass is 10.3. The maximum absolute atomic E-state index is 13.7. The average molecular weight is 272 g/mol. The van der Waals surface area contributed by atoms with E-state index in [1.165, 1.54) is 6.07 Å². The van der Waals surface area contributed by atoms with Crippen molar-refractivity contribution in [3.63, 3.8) is 0 Å². The van der Waals surface area contributed by atoms with Crippen molar-refractivity contribution in [3.8, 4) is 0 Å². The number of aromatic nitrogens is 2. The molecule has 1 saturated carbocycles. The first-order valence-electron chi connectivity index (χ1n) is 6.90. The monoisotopic (exact) mass is 272 g/mol. The predicted molar refractivity (Wildman–Crippen MR) is 77.9 cm³/mol. The fourth-order valence-electron chi connectivity index (χ4n) is 2.03. The lowest BCUT2D eigenvalue weighted by Gasteiger charge is -2.11. The lowest BCUT2D eigenvalue weighted by Crippen LogP contribution is -2.06. The minimum Gasteiger partial charge on any atom is -0.370 e. The Balaban J connectivity index is 1.89. The third-order valence-electron chi connectivity index (χ3n) is 3.18. The minimum absolute atomic E-state index is 0.288. The molecule has 4 nitrogen and oxygen atoms in total. The van der Waals surface area contributed by atoms with Crippen LogP contribution in [0.15, 0.2) is 30.3 Å². The molecule has 0 spiro atoms. The maximum atomic E-state index is 13.7. The first kappa shape index (κ1) is 12.8. The van der Waals surface area contributed by atoms with E-state index in [1.54, 1.807) is 18.2 Å². The first-order valence-corrected chi connectivity index (χ1v) is 6.90. The van der Waals surface area contributed by atoms with Crippen LogP contribution in [0.2, 0.25) is 0 Å². The van der Waals surface area contributed by atoms with E-state index in [1.807, 2.05) is 13.0 Å². The van der Waals surface area contributed by atoms with Crippen molar-refractivity contribution in [2.75, 3.05) is 17.2 Å². The van der Waals surface area contributed by atoms with Crippen LogP contribution in [-0.2, 0) is 0 Å². The Labute approximate surface area is 117 Å². The summed E-state index contributed by atoms with van der Waals surface area (Å²) < 4.78 is 13.7. The van der Waals surface area contributed by atoms with Crippen molar-refractivity contribution < 1.29 is 4.39 Å². The molecule has 20 heavy (non-hydrogen) atoms. The second-order valence-electron chi connectivity index (χ2n) is 4.91. The van der Waals surface area contributed by atoms with Gasteiger partial charge in [0.25, 0.3) is 0 Å². The average Bonchev–Trinajstić information content (AvgIpc) is 3.26. The topological polar surface area (TPSA) is 49.8 Å². The number of halogens is 1. The highest BCUT2D eigenvalue weighted by atomic mass is 19.1. The molecule has 0 radical (unpaired) electrons. The zero-order chi connectivity index (χ0) is 13.9. The Morgan fingerprint density at radius 1 is 1.20 bits per heavy atom. The summed E-state index contributed by atoms with van der Waals surface area (Å²) in [4.78, 5) is 8.98. The Bertz CT molecular complexity index is 611. The van der Waals surface area contributed by atoms with Crippen LogP contribution in [-0.4, -0.2) is 16.5 Å². The van der Waals surface area contributed by atoms with E-state index in [9.17, 15) is 4.39 Å². The summed E-state index contributed by atoms with van der Waals surface area (Å²) in [5.41, 5.74) is 0.426. The smallest absolute Gasteiger partial charge is 0.146 e. The molecule has 1 aromatic heterocycles. The molecule has 104 valence electrons. The van der Waals surface area contributed by atoms with Gasteiger partial charge in [-0.15, -0.1) is 0 Å². The number of para-hydroxylation sites is 1. The molecule has 1 aliphatic carbocycles. The Hall–Kier alpha value is -2.17. The molecule has 0 unspecified atom stereocenters. The molecule has 3 rings (SSSR count). The number of hydrogen-bond acceptors (Lipinski definition) is 4. The Morgan fingerprint density at radius 3 is 2.65 bits per heavy atom. The molecule has 0 amide bonds. The highest BCUT2D eigenvalue weighted by Gasteiger charge is 2.27. The third kappa shape index (κ3) is 2.87. The molecule has 1 aliphatic rings. The van der Waals surface area contributed by atoms with E-state index < -0.39 is 0 Å². The van der Waals surface area contributed by atoms with Gasteiger partial charge in [-0.3, -0.25) is 0 Å². The summed E-state index contributed by atoms with van der Waals surface area (Å²) in [6, 6.07) is 8.39. The molecule has 0 atom stereocenters. The van der Waals surface area contributed by atoms with Gasteiger partial charge < -0.3 is 10.6 Å². The van der Waals surface area contributed by atoms with Gasteiger partial charge in [0.15, 0.2) is 0 Å². The van der Waals surface area contributed by atoms with Crippen molar-refractivity contribution in [2.45, 2.75) is 25.7 Å². The second kappa shape index (κ2) is 5.45. The van der Waals surface area contributed by atoms with Crippen LogP contribution >= 0.6 is 0 Å². The zero-order valence-electron chi connectivity index (χ0n) is 11.4. The van der Waals surface area contributed by atoms with Gasteiger partial charge in [0, 0.05) is 18.5 Å². The predicted octanol–water partition coefficient (Wildman–Crippen LogP) is 3.67. The first-order chi connectivity index (χ1) is 9.76. The van der Waals surface area contributed by atoms with Gasteiger partial charge in [0.2, 0.25) is 0 Å². The van der Waals surface area contributed by atoms with E-state index >= 15 is 0 Å². The minimum atomic E-state index is -0.288. The molecule has 0 bridgehead atoms. The third-order valence-corrected chi connectivity index (χ3v) is 3.18. The summed E-state index contributed by atoms with van der Waals surface area (Å²) in [7, 11) is 0. The second-order valence-corrected chi connectivity index (χ2v) is 4.91. The van der Waals surface area contributed by atoms with Crippen molar-refractivity contribution in [1.82, 2.24) is 9.97 Å². The Morgan fingerprint density at radius 2 is 1.95 bits per heavy atom. The SMILES string of the molecule is CCNc1cc(Nc2ccccc2F)nc(C2CC2)n1. The molecule has 0 aliphatic heterocycles. The number of nitrogens with zero attached hydrogens (tertiary/aromatic N) is 2. The van der Waals surface area contributed by atoms with Crippen LogP contribution in [0, 0.1) is 5.82 Å². The van der Waals surface area contributed by atoms with Crippen LogP contribution in [0.4, 0.5) is 21.7 Å². The van der Waals surface area contributed by atoms with Gasteiger partial charge in [0.05, 0.1) is 5.69 Å². The van der Waals surface area contributed by atoms with Crippen molar-refractivity contribution in [2.24, 2.45) is 0 Å². The maximum Gasteiger partial charge on any atom is 0.146 e. The van der Waals surface area contributed by atoms with Gasteiger partial charge in [-0.1, -0.05) is 12.1 Å². The van der Waals surface area contributed by atoms with Gasteiger partial charge >= 0.3 is 0 Å². The molecule has 1 heterocycles. The number of nitrogens with one attached hydrogen (secondary N) is 2. The number of benzene rings is 1. The van der Waals surface area contributed by atoms with E-state index in [0.29, 0.717) is 17.4 Å². The molecule has 5 heteroatoms. The summed E-state index contributed by atoms with van der Waals surface area (Å²) in [6.07, 6.45) is 2.27. The highest BCUT2D eigenvalue weighted by molar-refractivity contribution is 5.59.